The van der Waals surface area contributed by atoms with Crippen LogP contribution in [0.25, 0.3) is 0 Å². The number of rotatable bonds is 1. The van der Waals surface area contributed by atoms with E-state index in [4.69, 9.17) is 0 Å². The van der Waals surface area contributed by atoms with Crippen molar-refractivity contribution in [1.29, 1.82) is 0 Å². The maximum atomic E-state index is 4.56. The van der Waals surface area contributed by atoms with Crippen LogP contribution in [0.3, 0.4) is 0 Å². The Morgan fingerprint density at radius 1 is 1.60 bits per heavy atom. The summed E-state index contributed by atoms with van der Waals surface area (Å²) in [5.74, 6) is 0. The van der Waals surface area contributed by atoms with Crippen LogP contribution in [0.2, 0.25) is 0 Å². The zero-order chi connectivity index (χ0) is 4.28. The van der Waals surface area contributed by atoms with Gasteiger partial charge in [0, 0.05) is 0 Å². The quantitative estimate of drug-likeness (QED) is 0.459. The van der Waals surface area contributed by atoms with Crippen LogP contribution in [-0.4, -0.2) is 6.10 Å². The van der Waals surface area contributed by atoms with E-state index in [1.54, 1.807) is 0 Å². The van der Waals surface area contributed by atoms with Crippen LogP contribution < -0.4 is 0 Å². The SMILES string of the molecule is CC(C)[O][Mn]. The van der Waals surface area contributed by atoms with E-state index in [-0.39, 0.29) is 0 Å². The summed E-state index contributed by atoms with van der Waals surface area (Å²) in [5.41, 5.74) is 0. The summed E-state index contributed by atoms with van der Waals surface area (Å²) >= 11 is 2.81. The molecule has 0 bridgehead atoms. The molecule has 0 aliphatic heterocycles. The van der Waals surface area contributed by atoms with Crippen molar-refractivity contribution < 1.29 is 20.2 Å². The number of hydrogen-bond acceptors (Lipinski definition) is 1. The summed E-state index contributed by atoms with van der Waals surface area (Å²) in [5, 5.41) is 0. The van der Waals surface area contributed by atoms with E-state index >= 15 is 0 Å². The van der Waals surface area contributed by atoms with Gasteiger partial charge in [0.15, 0.2) is 0 Å². The molecule has 0 saturated heterocycles. The van der Waals surface area contributed by atoms with E-state index in [1.807, 2.05) is 13.8 Å². The fourth-order valence-corrected chi connectivity index (χ4v) is 0. The first-order valence-corrected chi connectivity index (χ1v) is 2.03. The molecule has 0 radical (unpaired) electrons. The number of hydrogen-bond donors (Lipinski definition) is 0. The molecule has 0 fully saturated rings. The van der Waals surface area contributed by atoms with Gasteiger partial charge in [0.05, 0.1) is 0 Å². The molecular formula is C3H7MnO. The van der Waals surface area contributed by atoms with Gasteiger partial charge in [-0.15, -0.1) is 0 Å². The Hall–Kier alpha value is 0.479. The second kappa shape index (κ2) is 2.70. The van der Waals surface area contributed by atoms with Crippen molar-refractivity contribution in [2.24, 2.45) is 0 Å². The molecule has 0 saturated carbocycles. The summed E-state index contributed by atoms with van der Waals surface area (Å²) < 4.78 is 4.56. The second-order valence-electron chi connectivity index (χ2n) is 1.14. The maximum absolute atomic E-state index is 4.56. The Balaban J connectivity index is 2.54. The standard InChI is InChI=1S/C3H7O.Mn/c1-3(2)4;/h3H,1-2H3;/q-1;+1. The van der Waals surface area contributed by atoms with Crippen molar-refractivity contribution in [2.75, 3.05) is 0 Å². The average Bonchev–Trinajstić information content (AvgIpc) is 1.38. The van der Waals surface area contributed by atoms with Gasteiger partial charge in [-0.1, -0.05) is 0 Å². The van der Waals surface area contributed by atoms with E-state index < -0.39 is 0 Å². The first-order chi connectivity index (χ1) is 2.27. The van der Waals surface area contributed by atoms with Crippen LogP contribution in [0.15, 0.2) is 0 Å². The summed E-state index contributed by atoms with van der Waals surface area (Å²) in [6.45, 7) is 3.91. The molecule has 5 heavy (non-hydrogen) atoms. The minimum absolute atomic E-state index is 0.301. The molecule has 0 heterocycles. The van der Waals surface area contributed by atoms with Crippen LogP contribution in [0, 0.1) is 0 Å². The average molecular weight is 114 g/mol. The predicted molar refractivity (Wildman–Crippen MR) is 16.2 cm³/mol. The molecule has 0 aromatic heterocycles. The molecule has 0 aliphatic carbocycles. The van der Waals surface area contributed by atoms with Gasteiger partial charge in [0.25, 0.3) is 0 Å². The molecule has 32 valence electrons. The first kappa shape index (κ1) is 5.48. The second-order valence-corrected chi connectivity index (χ2v) is 1.42. The van der Waals surface area contributed by atoms with Crippen LogP contribution in [0.4, 0.5) is 0 Å². The molecule has 0 N–H and O–H groups in total. The van der Waals surface area contributed by atoms with Gasteiger partial charge in [-0.25, -0.2) is 0 Å². The Bertz CT molecular complexity index is 20.9. The third kappa shape index (κ3) is 4.48. The van der Waals surface area contributed by atoms with E-state index in [0.29, 0.717) is 6.10 Å². The van der Waals surface area contributed by atoms with Gasteiger partial charge in [-0.3, -0.25) is 0 Å². The third-order valence-electron chi connectivity index (χ3n) is 0.178. The Morgan fingerprint density at radius 3 is 1.80 bits per heavy atom. The van der Waals surface area contributed by atoms with Crippen molar-refractivity contribution in [3.63, 3.8) is 0 Å². The topological polar surface area (TPSA) is 9.23 Å². The summed E-state index contributed by atoms with van der Waals surface area (Å²) in [4.78, 5) is 0. The van der Waals surface area contributed by atoms with E-state index in [0.717, 1.165) is 0 Å². The van der Waals surface area contributed by atoms with Gasteiger partial charge in [0.2, 0.25) is 0 Å². The molecular weight excluding hydrogens is 107 g/mol. The minimum atomic E-state index is 0.301. The van der Waals surface area contributed by atoms with Gasteiger partial charge in [0.1, 0.15) is 0 Å². The van der Waals surface area contributed by atoms with Crippen molar-refractivity contribution in [3.8, 4) is 0 Å². The van der Waals surface area contributed by atoms with Crippen molar-refractivity contribution in [3.05, 3.63) is 0 Å². The molecule has 0 aliphatic rings. The van der Waals surface area contributed by atoms with Crippen LogP contribution in [-0.2, 0) is 20.2 Å². The van der Waals surface area contributed by atoms with Crippen molar-refractivity contribution in [1.82, 2.24) is 0 Å². The zero-order valence-corrected chi connectivity index (χ0v) is 4.54. The Kier molecular flexibility index (Phi) is 2.96. The zero-order valence-electron chi connectivity index (χ0n) is 3.36. The van der Waals surface area contributed by atoms with Crippen molar-refractivity contribution >= 4 is 0 Å². The van der Waals surface area contributed by atoms with Crippen molar-refractivity contribution in [2.45, 2.75) is 20.0 Å². The molecule has 0 spiro atoms. The molecule has 0 atom stereocenters. The van der Waals surface area contributed by atoms with E-state index in [2.05, 4.69) is 20.2 Å². The van der Waals surface area contributed by atoms with Gasteiger partial charge >= 0.3 is 40.1 Å². The normalized spacial score (nSPS) is 9.60. The molecule has 0 unspecified atom stereocenters. The molecule has 0 amide bonds. The fraction of sp³-hybridized carbons (Fsp3) is 1.00. The van der Waals surface area contributed by atoms with Crippen LogP contribution in [0.5, 0.6) is 0 Å². The molecule has 0 aromatic rings. The molecule has 2 heteroatoms. The summed E-state index contributed by atoms with van der Waals surface area (Å²) in [6.07, 6.45) is 0.301. The molecule has 0 aromatic carbocycles. The third-order valence-corrected chi connectivity index (χ3v) is 0.735. The molecule has 1 nitrogen and oxygen atoms in total. The summed E-state index contributed by atoms with van der Waals surface area (Å²) in [6, 6.07) is 0. The summed E-state index contributed by atoms with van der Waals surface area (Å²) in [7, 11) is 0. The van der Waals surface area contributed by atoms with Gasteiger partial charge in [-0.05, 0) is 0 Å². The molecule has 0 rings (SSSR count). The van der Waals surface area contributed by atoms with Gasteiger partial charge < -0.3 is 0 Å². The predicted octanol–water partition coefficient (Wildman–Crippen LogP) is 0.873. The van der Waals surface area contributed by atoms with E-state index in [1.165, 1.54) is 0 Å². The van der Waals surface area contributed by atoms with Gasteiger partial charge in [-0.2, -0.15) is 0 Å². The van der Waals surface area contributed by atoms with E-state index in [9.17, 15) is 0 Å². The first-order valence-electron chi connectivity index (χ1n) is 1.54. The fourth-order valence-electron chi connectivity index (χ4n) is 0. The van der Waals surface area contributed by atoms with Crippen LogP contribution >= 0.6 is 0 Å². The Labute approximate surface area is 40.8 Å². The van der Waals surface area contributed by atoms with Crippen LogP contribution in [0.1, 0.15) is 13.8 Å². The Morgan fingerprint density at radius 2 is 1.80 bits per heavy atom. The monoisotopic (exact) mass is 114 g/mol.